The van der Waals surface area contributed by atoms with Crippen LogP contribution in [0.4, 0.5) is 34.6 Å². The summed E-state index contributed by atoms with van der Waals surface area (Å²) in [7, 11) is 1.59. The van der Waals surface area contributed by atoms with Crippen molar-refractivity contribution in [2.75, 3.05) is 61.1 Å². The number of halogens is 1. The van der Waals surface area contributed by atoms with E-state index in [1.807, 2.05) is 66.9 Å². The summed E-state index contributed by atoms with van der Waals surface area (Å²) in [6.45, 7) is 3.00. The number of anilines is 6. The molecule has 6 N–H and O–H groups in total. The average Bonchev–Trinajstić information content (AvgIpc) is 3.14. The Morgan fingerprint density at radius 3 is 2.53 bits per heavy atom. The van der Waals surface area contributed by atoms with Crippen molar-refractivity contribution in [1.29, 1.82) is 0 Å². The van der Waals surface area contributed by atoms with Crippen molar-refractivity contribution in [2.24, 2.45) is 0 Å². The molecule has 1 atom stereocenters. The van der Waals surface area contributed by atoms with Crippen LogP contribution in [0.3, 0.4) is 0 Å². The number of carbonyl (C=O) groups is 3. The van der Waals surface area contributed by atoms with Gasteiger partial charge in [0.2, 0.25) is 23.7 Å². The maximum Gasteiger partial charge on any atom is 0.249 e. The van der Waals surface area contributed by atoms with Crippen molar-refractivity contribution < 1.29 is 19.1 Å². The largest absolute Gasteiger partial charge is 0.494 e. The first-order chi connectivity index (χ1) is 24.8. The molecule has 1 unspecified atom stereocenters. The number of amides is 3. The summed E-state index contributed by atoms with van der Waals surface area (Å²) in [4.78, 5) is 51.6. The summed E-state index contributed by atoms with van der Waals surface area (Å²) < 4.78 is 5.61. The van der Waals surface area contributed by atoms with E-state index < -0.39 is 6.04 Å². The molecule has 0 spiro atoms. The van der Waals surface area contributed by atoms with Gasteiger partial charge in [-0.3, -0.25) is 24.6 Å². The summed E-state index contributed by atoms with van der Waals surface area (Å²) in [6.07, 6.45) is 6.01. The molecule has 4 heterocycles. The van der Waals surface area contributed by atoms with Crippen LogP contribution >= 0.6 is 11.6 Å². The van der Waals surface area contributed by atoms with Crippen molar-refractivity contribution >= 4 is 64.0 Å². The van der Waals surface area contributed by atoms with Crippen LogP contribution in [0.15, 0.2) is 73.1 Å². The van der Waals surface area contributed by atoms with Crippen LogP contribution in [0.25, 0.3) is 0 Å². The second-order valence-corrected chi connectivity index (χ2v) is 12.8. The lowest BCUT2D eigenvalue weighted by Crippen LogP contribution is -2.47. The van der Waals surface area contributed by atoms with E-state index in [1.54, 1.807) is 7.11 Å². The van der Waals surface area contributed by atoms with E-state index in [0.29, 0.717) is 72.4 Å². The molecule has 14 nitrogen and oxygen atoms in total. The zero-order chi connectivity index (χ0) is 35.6. The fourth-order valence-electron chi connectivity index (χ4n) is 6.03. The van der Waals surface area contributed by atoms with E-state index in [1.165, 1.54) is 6.20 Å². The van der Waals surface area contributed by atoms with Gasteiger partial charge in [0.1, 0.15) is 22.6 Å². The fourth-order valence-corrected chi connectivity index (χ4v) is 6.17. The molecule has 4 aromatic rings. The minimum absolute atomic E-state index is 0.0120. The van der Waals surface area contributed by atoms with Crippen LogP contribution in [-0.2, 0) is 14.4 Å². The summed E-state index contributed by atoms with van der Waals surface area (Å²) in [5, 5.41) is 18.6. The first-order valence-electron chi connectivity index (χ1n) is 16.9. The van der Waals surface area contributed by atoms with E-state index in [-0.39, 0.29) is 17.7 Å². The first kappa shape index (κ1) is 35.4. The maximum absolute atomic E-state index is 12.7. The van der Waals surface area contributed by atoms with E-state index in [2.05, 4.69) is 51.8 Å². The molecule has 51 heavy (non-hydrogen) atoms. The lowest BCUT2D eigenvalue weighted by molar-refractivity contribution is -0.133. The van der Waals surface area contributed by atoms with Gasteiger partial charge in [-0.2, -0.15) is 4.98 Å². The quantitative estimate of drug-likeness (QED) is 0.0791. The van der Waals surface area contributed by atoms with Crippen molar-refractivity contribution in [2.45, 2.75) is 37.6 Å². The molecular formula is C36H41ClN10O4. The van der Waals surface area contributed by atoms with Crippen molar-refractivity contribution in [3.05, 3.63) is 83.6 Å². The highest BCUT2D eigenvalue weighted by Crippen LogP contribution is 2.32. The van der Waals surface area contributed by atoms with E-state index in [4.69, 9.17) is 16.3 Å². The number of piperidine rings is 2. The molecule has 2 aromatic heterocycles. The normalized spacial score (nSPS) is 16.5. The van der Waals surface area contributed by atoms with E-state index >= 15 is 0 Å². The number of nitrogens with zero attached hydrogens (tertiary/aromatic N) is 4. The standard InChI is InChI=1S/C36H41ClN10O4/c1-51-30-19-26(8-9-28(30)44-36-41-21-27(37)34(46-36)42-25-5-3-2-4-6-25)38-15-16-39-33(49)22-47-17-13-23(14-18-47)24-7-11-31(40-20-24)43-29-10-12-32(48)45-35(29)50/h2-9,11,19-21,23,29,38H,10,12-18,22H2,1H3,(H,39,49)(H,40,43)(H,45,48,50)(H2,41,42,44,46). The van der Waals surface area contributed by atoms with Gasteiger partial charge in [-0.05, 0) is 74.2 Å². The van der Waals surface area contributed by atoms with E-state index in [0.717, 1.165) is 42.9 Å². The number of pyridine rings is 1. The Morgan fingerprint density at radius 2 is 1.78 bits per heavy atom. The van der Waals surface area contributed by atoms with Gasteiger partial charge < -0.3 is 31.3 Å². The van der Waals surface area contributed by atoms with Gasteiger partial charge in [0.05, 0.1) is 25.5 Å². The van der Waals surface area contributed by atoms with Gasteiger partial charge in [0.15, 0.2) is 5.82 Å². The monoisotopic (exact) mass is 712 g/mol. The van der Waals surface area contributed by atoms with Crippen LogP contribution in [0, 0.1) is 0 Å². The zero-order valence-electron chi connectivity index (χ0n) is 28.2. The number of ether oxygens (including phenoxy) is 1. The first-order valence-corrected chi connectivity index (χ1v) is 17.3. The Morgan fingerprint density at radius 1 is 0.961 bits per heavy atom. The van der Waals surface area contributed by atoms with Gasteiger partial charge in [-0.1, -0.05) is 35.9 Å². The summed E-state index contributed by atoms with van der Waals surface area (Å²) in [5.41, 5.74) is 3.52. The third kappa shape index (κ3) is 9.83. The highest BCUT2D eigenvalue weighted by molar-refractivity contribution is 6.32. The number of benzene rings is 2. The molecule has 6 rings (SSSR count). The smallest absolute Gasteiger partial charge is 0.249 e. The van der Waals surface area contributed by atoms with Crippen molar-refractivity contribution in [3.8, 4) is 5.75 Å². The minimum Gasteiger partial charge on any atom is -0.494 e. The highest BCUT2D eigenvalue weighted by atomic mass is 35.5. The molecular weight excluding hydrogens is 672 g/mol. The second kappa shape index (κ2) is 17.0. The zero-order valence-corrected chi connectivity index (χ0v) is 29.0. The van der Waals surface area contributed by atoms with Crippen molar-refractivity contribution in [1.82, 2.24) is 30.5 Å². The second-order valence-electron chi connectivity index (χ2n) is 12.4. The predicted molar refractivity (Wildman–Crippen MR) is 197 cm³/mol. The number of para-hydroxylation sites is 1. The number of carbonyl (C=O) groups excluding carboxylic acids is 3. The number of imide groups is 1. The number of hydrogen-bond acceptors (Lipinski definition) is 12. The molecule has 0 bridgehead atoms. The third-order valence-corrected chi connectivity index (χ3v) is 9.06. The molecule has 2 fully saturated rings. The number of aromatic nitrogens is 3. The highest BCUT2D eigenvalue weighted by Gasteiger charge is 2.27. The maximum atomic E-state index is 12.7. The number of methoxy groups -OCH3 is 1. The van der Waals surface area contributed by atoms with Gasteiger partial charge in [0.25, 0.3) is 0 Å². The molecule has 0 aliphatic carbocycles. The average molecular weight is 713 g/mol. The molecule has 3 amide bonds. The van der Waals surface area contributed by atoms with Gasteiger partial charge in [-0.25, -0.2) is 9.97 Å². The number of rotatable bonds is 14. The van der Waals surface area contributed by atoms with Gasteiger partial charge >= 0.3 is 0 Å². The third-order valence-electron chi connectivity index (χ3n) is 8.78. The van der Waals surface area contributed by atoms with Crippen LogP contribution in [0.2, 0.25) is 5.02 Å². The number of nitrogens with one attached hydrogen (secondary N) is 6. The molecule has 2 saturated heterocycles. The Labute approximate surface area is 301 Å². The molecule has 0 radical (unpaired) electrons. The fraction of sp³-hybridized carbons (Fsp3) is 0.333. The van der Waals surface area contributed by atoms with Crippen LogP contribution < -0.4 is 36.6 Å². The van der Waals surface area contributed by atoms with Crippen LogP contribution in [-0.4, -0.2) is 83.4 Å². The van der Waals surface area contributed by atoms with Crippen LogP contribution in [0.5, 0.6) is 5.75 Å². The van der Waals surface area contributed by atoms with Crippen LogP contribution in [0.1, 0.15) is 37.2 Å². The number of hydrogen-bond donors (Lipinski definition) is 6. The predicted octanol–water partition coefficient (Wildman–Crippen LogP) is 4.65. The van der Waals surface area contributed by atoms with Gasteiger partial charge in [0, 0.05) is 43.1 Å². The molecule has 15 heteroatoms. The topological polar surface area (TPSA) is 175 Å². The Hall–Kier alpha value is -5.47. The summed E-state index contributed by atoms with van der Waals surface area (Å²) >= 11 is 6.32. The molecule has 266 valence electrons. The summed E-state index contributed by atoms with van der Waals surface area (Å²) in [6, 6.07) is 18.7. The Kier molecular flexibility index (Phi) is 11.8. The SMILES string of the molecule is COc1cc(NCCNC(=O)CN2CCC(c3ccc(NC4CCC(=O)NC4=O)nc3)CC2)ccc1Nc1ncc(Cl)c(Nc2ccccc2)n1. The van der Waals surface area contributed by atoms with Gasteiger partial charge in [-0.15, -0.1) is 0 Å². The molecule has 2 aliphatic rings. The molecule has 0 saturated carbocycles. The Balaban J connectivity index is 0.901. The lowest BCUT2D eigenvalue weighted by Gasteiger charge is -2.31. The van der Waals surface area contributed by atoms with Crippen molar-refractivity contribution in [3.63, 3.8) is 0 Å². The number of likely N-dealkylation sites (tertiary alicyclic amines) is 1. The van der Waals surface area contributed by atoms with E-state index in [9.17, 15) is 14.4 Å². The molecule has 2 aliphatic heterocycles. The summed E-state index contributed by atoms with van der Waals surface area (Å²) in [5.74, 6) is 1.83. The molecule has 2 aromatic carbocycles. The lowest BCUT2D eigenvalue weighted by atomic mass is 9.90. The minimum atomic E-state index is -0.459. The Bertz CT molecular complexity index is 1820.